The topological polar surface area (TPSA) is 26.3 Å². The minimum Gasteiger partial charge on any atom is -0.479 e. The van der Waals surface area contributed by atoms with Crippen molar-refractivity contribution < 1.29 is 9.53 Å². The predicted molar refractivity (Wildman–Crippen MR) is 56.7 cm³/mol. The van der Waals surface area contributed by atoms with Crippen molar-refractivity contribution in [2.24, 2.45) is 0 Å². The van der Waals surface area contributed by atoms with Crippen molar-refractivity contribution in [2.75, 3.05) is 0 Å². The van der Waals surface area contributed by atoms with E-state index in [1.807, 2.05) is 25.1 Å². The molecule has 0 saturated heterocycles. The zero-order valence-electron chi connectivity index (χ0n) is 8.50. The molecule has 1 rings (SSSR count). The van der Waals surface area contributed by atoms with Crippen LogP contribution in [0.25, 0.3) is 0 Å². The number of hydrogen-bond acceptors (Lipinski definition) is 2. The minimum atomic E-state index is -0.977. The van der Waals surface area contributed by atoms with Gasteiger partial charge in [-0.05, 0) is 50.1 Å². The molecule has 0 radical (unpaired) electrons. The molecular formula is C11H13ClO2. The molecule has 0 N–H and O–H groups in total. The molecule has 0 aliphatic heterocycles. The maximum atomic E-state index is 11.0. The SMILES string of the molecule is Cc1cccc(OC(C)(C)C(=O)Cl)c1. The molecule has 76 valence electrons. The molecular weight excluding hydrogens is 200 g/mol. The summed E-state index contributed by atoms with van der Waals surface area (Å²) in [6, 6.07) is 7.50. The van der Waals surface area contributed by atoms with Gasteiger partial charge in [-0.2, -0.15) is 0 Å². The molecule has 3 heteroatoms. The summed E-state index contributed by atoms with van der Waals surface area (Å²) in [7, 11) is 0. The Labute approximate surface area is 88.8 Å². The second kappa shape index (κ2) is 4.01. The maximum absolute atomic E-state index is 11.0. The highest BCUT2D eigenvalue weighted by Crippen LogP contribution is 2.20. The number of halogens is 1. The van der Waals surface area contributed by atoms with Crippen molar-refractivity contribution >= 4 is 16.8 Å². The van der Waals surface area contributed by atoms with Gasteiger partial charge >= 0.3 is 0 Å². The summed E-state index contributed by atoms with van der Waals surface area (Å²) in [5.74, 6) is 0.656. The Kier molecular flexibility index (Phi) is 3.17. The molecule has 0 aliphatic rings. The zero-order valence-corrected chi connectivity index (χ0v) is 9.26. The summed E-state index contributed by atoms with van der Waals surface area (Å²) < 4.78 is 5.46. The molecule has 0 heterocycles. The van der Waals surface area contributed by atoms with Gasteiger partial charge in [0, 0.05) is 0 Å². The number of aryl methyl sites for hydroxylation is 1. The molecule has 0 fully saturated rings. The highest BCUT2D eigenvalue weighted by atomic mass is 35.5. The van der Waals surface area contributed by atoms with E-state index in [1.165, 1.54) is 0 Å². The van der Waals surface area contributed by atoms with E-state index in [1.54, 1.807) is 19.9 Å². The van der Waals surface area contributed by atoms with Gasteiger partial charge in [-0.1, -0.05) is 12.1 Å². The van der Waals surface area contributed by atoms with Gasteiger partial charge in [0.05, 0.1) is 0 Å². The quantitative estimate of drug-likeness (QED) is 0.721. The Morgan fingerprint density at radius 3 is 2.57 bits per heavy atom. The van der Waals surface area contributed by atoms with Crippen LogP contribution in [0, 0.1) is 6.92 Å². The van der Waals surface area contributed by atoms with Crippen LogP contribution in [-0.4, -0.2) is 10.8 Å². The average molecular weight is 213 g/mol. The molecule has 0 unspecified atom stereocenters. The van der Waals surface area contributed by atoms with Crippen molar-refractivity contribution in [2.45, 2.75) is 26.4 Å². The summed E-state index contributed by atoms with van der Waals surface area (Å²) in [6.45, 7) is 5.25. The van der Waals surface area contributed by atoms with Crippen LogP contribution in [0.5, 0.6) is 5.75 Å². The third-order valence-corrected chi connectivity index (χ3v) is 2.29. The first kappa shape index (κ1) is 11.1. The van der Waals surface area contributed by atoms with Gasteiger partial charge in [-0.3, -0.25) is 4.79 Å². The van der Waals surface area contributed by atoms with Crippen LogP contribution in [0.2, 0.25) is 0 Å². The van der Waals surface area contributed by atoms with Gasteiger partial charge in [-0.15, -0.1) is 0 Å². The van der Waals surface area contributed by atoms with E-state index in [9.17, 15) is 4.79 Å². The summed E-state index contributed by atoms with van der Waals surface area (Å²) in [4.78, 5) is 11.0. The Balaban J connectivity index is 2.83. The van der Waals surface area contributed by atoms with E-state index >= 15 is 0 Å². The number of rotatable bonds is 3. The van der Waals surface area contributed by atoms with Crippen molar-refractivity contribution in [3.05, 3.63) is 29.8 Å². The maximum Gasteiger partial charge on any atom is 0.264 e. The first-order valence-corrected chi connectivity index (χ1v) is 4.75. The molecule has 0 aromatic heterocycles. The Morgan fingerprint density at radius 2 is 2.07 bits per heavy atom. The van der Waals surface area contributed by atoms with Gasteiger partial charge in [0.1, 0.15) is 5.75 Å². The number of benzene rings is 1. The number of hydrogen-bond donors (Lipinski definition) is 0. The average Bonchev–Trinajstić information content (AvgIpc) is 2.02. The van der Waals surface area contributed by atoms with Crippen LogP contribution in [-0.2, 0) is 4.79 Å². The Morgan fingerprint density at radius 1 is 1.43 bits per heavy atom. The van der Waals surface area contributed by atoms with Crippen LogP contribution in [0.3, 0.4) is 0 Å². The van der Waals surface area contributed by atoms with Crippen molar-refractivity contribution in [1.29, 1.82) is 0 Å². The minimum absolute atomic E-state index is 0.501. The van der Waals surface area contributed by atoms with Gasteiger partial charge in [0.15, 0.2) is 5.60 Å². The van der Waals surface area contributed by atoms with E-state index in [0.717, 1.165) is 5.56 Å². The number of carbonyl (C=O) groups is 1. The fourth-order valence-electron chi connectivity index (χ4n) is 1.01. The van der Waals surface area contributed by atoms with Crippen LogP contribution in [0.15, 0.2) is 24.3 Å². The van der Waals surface area contributed by atoms with E-state index in [2.05, 4.69) is 0 Å². The van der Waals surface area contributed by atoms with Gasteiger partial charge in [-0.25, -0.2) is 0 Å². The molecule has 0 atom stereocenters. The second-order valence-electron chi connectivity index (χ2n) is 3.70. The highest BCUT2D eigenvalue weighted by Gasteiger charge is 2.27. The monoisotopic (exact) mass is 212 g/mol. The van der Waals surface area contributed by atoms with E-state index in [-0.39, 0.29) is 0 Å². The normalized spacial score (nSPS) is 11.1. The summed E-state index contributed by atoms with van der Waals surface area (Å²) >= 11 is 5.40. The standard InChI is InChI=1S/C11H13ClO2/c1-8-5-4-6-9(7-8)14-11(2,3)10(12)13/h4-7H,1-3H3. The smallest absolute Gasteiger partial charge is 0.264 e. The van der Waals surface area contributed by atoms with Gasteiger partial charge in [0.25, 0.3) is 5.24 Å². The highest BCUT2D eigenvalue weighted by molar-refractivity contribution is 6.65. The van der Waals surface area contributed by atoms with Crippen molar-refractivity contribution in [3.63, 3.8) is 0 Å². The lowest BCUT2D eigenvalue weighted by Crippen LogP contribution is -2.34. The summed E-state index contributed by atoms with van der Waals surface area (Å²) in [6.07, 6.45) is 0. The molecule has 1 aromatic carbocycles. The largest absolute Gasteiger partial charge is 0.479 e. The Bertz CT molecular complexity index is 345. The molecule has 0 bridgehead atoms. The predicted octanol–water partition coefficient (Wildman–Crippen LogP) is 2.92. The fraction of sp³-hybridized carbons (Fsp3) is 0.364. The van der Waals surface area contributed by atoms with Gasteiger partial charge in [0.2, 0.25) is 0 Å². The zero-order chi connectivity index (χ0) is 10.8. The summed E-state index contributed by atoms with van der Waals surface area (Å²) in [5, 5.41) is -0.501. The number of carbonyl (C=O) groups excluding carboxylic acids is 1. The van der Waals surface area contributed by atoms with Crippen LogP contribution >= 0.6 is 11.6 Å². The van der Waals surface area contributed by atoms with E-state index in [0.29, 0.717) is 5.75 Å². The van der Waals surface area contributed by atoms with Crippen molar-refractivity contribution in [3.8, 4) is 5.75 Å². The van der Waals surface area contributed by atoms with Gasteiger partial charge < -0.3 is 4.74 Å². The molecule has 0 spiro atoms. The van der Waals surface area contributed by atoms with Crippen LogP contribution in [0.1, 0.15) is 19.4 Å². The third kappa shape index (κ3) is 2.74. The lowest BCUT2D eigenvalue weighted by atomic mass is 10.1. The molecule has 1 aromatic rings. The van der Waals surface area contributed by atoms with Crippen molar-refractivity contribution in [1.82, 2.24) is 0 Å². The molecule has 0 saturated carbocycles. The molecule has 0 aliphatic carbocycles. The first-order valence-electron chi connectivity index (χ1n) is 4.37. The molecule has 0 amide bonds. The molecule has 2 nitrogen and oxygen atoms in total. The lowest BCUT2D eigenvalue weighted by molar-refractivity contribution is -0.123. The second-order valence-corrected chi connectivity index (χ2v) is 4.05. The third-order valence-electron chi connectivity index (χ3n) is 1.84. The fourth-order valence-corrected chi connectivity index (χ4v) is 1.05. The first-order chi connectivity index (χ1) is 6.42. The van der Waals surface area contributed by atoms with Crippen LogP contribution < -0.4 is 4.74 Å². The number of ether oxygens (including phenoxy) is 1. The lowest BCUT2D eigenvalue weighted by Gasteiger charge is -2.22. The Hall–Kier alpha value is -1.02. The van der Waals surface area contributed by atoms with Crippen LogP contribution in [0.4, 0.5) is 0 Å². The molecule has 14 heavy (non-hydrogen) atoms. The summed E-state index contributed by atoms with van der Waals surface area (Å²) in [5.41, 5.74) is 0.107. The van der Waals surface area contributed by atoms with E-state index < -0.39 is 10.8 Å². The van der Waals surface area contributed by atoms with E-state index in [4.69, 9.17) is 16.3 Å².